The Bertz CT molecular complexity index is 763. The zero-order valence-corrected chi connectivity index (χ0v) is 13.8. The Morgan fingerprint density at radius 1 is 1.13 bits per heavy atom. The van der Waals surface area contributed by atoms with Crippen LogP contribution >= 0.6 is 0 Å². The molecule has 0 radical (unpaired) electrons. The second-order valence-electron chi connectivity index (χ2n) is 5.77. The number of nitrogens with zero attached hydrogens (tertiary/aromatic N) is 5. The summed E-state index contributed by atoms with van der Waals surface area (Å²) in [4.78, 5) is 4.73. The van der Waals surface area contributed by atoms with Crippen LogP contribution in [0.15, 0.2) is 35.4 Å². The average Bonchev–Trinajstić information content (AvgIpc) is 2.97. The molecule has 0 bridgehead atoms. The van der Waals surface area contributed by atoms with Crippen LogP contribution in [-0.2, 0) is 16.6 Å². The van der Waals surface area contributed by atoms with Gasteiger partial charge < -0.3 is 4.90 Å². The first-order valence-electron chi connectivity index (χ1n) is 7.37. The second kappa shape index (κ2) is 6.36. The molecule has 0 saturated carbocycles. The normalized spacial score (nSPS) is 17.5. The highest BCUT2D eigenvalue weighted by molar-refractivity contribution is 7.89. The number of nitrogens with two attached hydrogens (primary N) is 1. The first-order valence-corrected chi connectivity index (χ1v) is 8.92. The molecule has 1 saturated heterocycles. The topological polar surface area (TPSA) is 97.3 Å². The van der Waals surface area contributed by atoms with E-state index in [4.69, 9.17) is 5.14 Å². The number of hydrogen-bond acceptors (Lipinski definition) is 6. The van der Waals surface area contributed by atoms with Gasteiger partial charge in [-0.3, -0.25) is 4.90 Å². The van der Waals surface area contributed by atoms with Crippen LogP contribution in [0.25, 0.3) is 5.69 Å². The third-order valence-corrected chi connectivity index (χ3v) is 4.88. The highest BCUT2D eigenvalue weighted by Gasteiger charge is 2.15. The molecule has 1 aromatic carbocycles. The zero-order valence-electron chi connectivity index (χ0n) is 13.0. The number of sulfonamides is 1. The molecule has 2 aromatic rings. The third kappa shape index (κ3) is 3.94. The van der Waals surface area contributed by atoms with Crippen LogP contribution in [0, 0.1) is 0 Å². The van der Waals surface area contributed by atoms with Gasteiger partial charge in [-0.1, -0.05) is 5.21 Å². The van der Waals surface area contributed by atoms with Crippen molar-refractivity contribution >= 4 is 10.0 Å². The monoisotopic (exact) mass is 336 g/mol. The van der Waals surface area contributed by atoms with Crippen molar-refractivity contribution in [2.75, 3.05) is 33.2 Å². The quantitative estimate of drug-likeness (QED) is 0.820. The van der Waals surface area contributed by atoms with E-state index in [1.807, 2.05) is 6.20 Å². The van der Waals surface area contributed by atoms with Crippen LogP contribution in [-0.4, -0.2) is 66.4 Å². The van der Waals surface area contributed by atoms with Gasteiger partial charge >= 0.3 is 0 Å². The number of primary sulfonamides is 1. The molecule has 1 aliphatic rings. The van der Waals surface area contributed by atoms with Crippen molar-refractivity contribution in [3.8, 4) is 5.69 Å². The summed E-state index contributed by atoms with van der Waals surface area (Å²) in [5.74, 6) is 0. The molecule has 2 heterocycles. The summed E-state index contributed by atoms with van der Waals surface area (Å²) >= 11 is 0. The lowest BCUT2D eigenvalue weighted by Gasteiger charge is -2.31. The first-order chi connectivity index (χ1) is 10.9. The molecule has 9 heteroatoms. The largest absolute Gasteiger partial charge is 0.304 e. The van der Waals surface area contributed by atoms with E-state index in [-0.39, 0.29) is 4.90 Å². The Kier molecular flexibility index (Phi) is 4.44. The molecular weight excluding hydrogens is 316 g/mol. The minimum absolute atomic E-state index is 0.0824. The summed E-state index contributed by atoms with van der Waals surface area (Å²) in [5, 5.41) is 13.4. The van der Waals surface area contributed by atoms with Crippen molar-refractivity contribution in [3.05, 3.63) is 36.2 Å². The van der Waals surface area contributed by atoms with Crippen LogP contribution < -0.4 is 5.14 Å². The van der Waals surface area contributed by atoms with Crippen molar-refractivity contribution in [3.63, 3.8) is 0 Å². The maximum atomic E-state index is 11.3. The molecule has 124 valence electrons. The molecule has 0 unspecified atom stereocenters. The number of piperazine rings is 1. The predicted molar refractivity (Wildman–Crippen MR) is 85.5 cm³/mol. The fraction of sp³-hybridized carbons (Fsp3) is 0.429. The Hall–Kier alpha value is -1.81. The summed E-state index contributed by atoms with van der Waals surface area (Å²) in [6.07, 6.45) is 1.87. The first kappa shape index (κ1) is 16.1. The molecule has 23 heavy (non-hydrogen) atoms. The minimum atomic E-state index is -3.68. The van der Waals surface area contributed by atoms with E-state index in [0.717, 1.165) is 44.1 Å². The Balaban J connectivity index is 1.69. The molecule has 8 nitrogen and oxygen atoms in total. The van der Waals surface area contributed by atoms with Crippen LogP contribution in [0.4, 0.5) is 0 Å². The van der Waals surface area contributed by atoms with E-state index >= 15 is 0 Å². The van der Waals surface area contributed by atoms with Gasteiger partial charge in [0.25, 0.3) is 0 Å². The van der Waals surface area contributed by atoms with E-state index in [9.17, 15) is 8.42 Å². The molecule has 0 amide bonds. The maximum absolute atomic E-state index is 11.3. The van der Waals surface area contributed by atoms with Crippen molar-refractivity contribution in [2.45, 2.75) is 11.4 Å². The molecule has 1 aliphatic heterocycles. The molecule has 2 N–H and O–H groups in total. The van der Waals surface area contributed by atoms with E-state index in [1.54, 1.807) is 16.8 Å². The third-order valence-electron chi connectivity index (χ3n) is 3.95. The summed E-state index contributed by atoms with van der Waals surface area (Å²) in [6.45, 7) is 4.92. The minimum Gasteiger partial charge on any atom is -0.304 e. The van der Waals surface area contributed by atoms with Crippen LogP contribution in [0.3, 0.4) is 0 Å². The van der Waals surface area contributed by atoms with Crippen LogP contribution in [0.2, 0.25) is 0 Å². The van der Waals surface area contributed by atoms with Crippen LogP contribution in [0.5, 0.6) is 0 Å². The lowest BCUT2D eigenvalue weighted by molar-refractivity contribution is 0.147. The van der Waals surface area contributed by atoms with Crippen molar-refractivity contribution in [1.29, 1.82) is 0 Å². The predicted octanol–water partition coefficient (Wildman–Crippen LogP) is -0.338. The van der Waals surface area contributed by atoms with E-state index < -0.39 is 10.0 Å². The van der Waals surface area contributed by atoms with Gasteiger partial charge in [-0.15, -0.1) is 5.10 Å². The number of hydrogen-bond donors (Lipinski definition) is 1. The molecule has 1 fully saturated rings. The van der Waals surface area contributed by atoms with Gasteiger partial charge in [0.05, 0.1) is 22.5 Å². The van der Waals surface area contributed by atoms with Crippen LogP contribution in [0.1, 0.15) is 5.69 Å². The fourth-order valence-electron chi connectivity index (χ4n) is 2.52. The lowest BCUT2D eigenvalue weighted by Crippen LogP contribution is -2.43. The molecule has 0 atom stereocenters. The SMILES string of the molecule is CN1CCN(Cc2cn(-c3ccc(S(N)(=O)=O)cc3)nn2)CC1. The van der Waals surface area contributed by atoms with Gasteiger partial charge in [0.1, 0.15) is 0 Å². The molecule has 1 aromatic heterocycles. The number of likely N-dealkylation sites (N-methyl/N-ethyl adjacent to an activating group) is 1. The summed E-state index contributed by atoms with van der Waals surface area (Å²) < 4.78 is 24.2. The second-order valence-corrected chi connectivity index (χ2v) is 7.33. The van der Waals surface area contributed by atoms with Gasteiger partial charge in [-0.05, 0) is 31.3 Å². The summed E-state index contributed by atoms with van der Waals surface area (Å²) in [5.41, 5.74) is 1.64. The summed E-state index contributed by atoms with van der Waals surface area (Å²) in [7, 11) is -1.55. The van der Waals surface area contributed by atoms with Gasteiger partial charge in [-0.25, -0.2) is 18.2 Å². The zero-order chi connectivity index (χ0) is 16.4. The van der Waals surface area contributed by atoms with Crippen molar-refractivity contribution in [1.82, 2.24) is 24.8 Å². The number of rotatable bonds is 4. The van der Waals surface area contributed by atoms with E-state index in [0.29, 0.717) is 0 Å². The highest BCUT2D eigenvalue weighted by Crippen LogP contribution is 2.13. The van der Waals surface area contributed by atoms with Crippen molar-refractivity contribution < 1.29 is 8.42 Å². The molecule has 0 spiro atoms. The molecule has 3 rings (SSSR count). The molecule has 0 aliphatic carbocycles. The number of benzene rings is 1. The Morgan fingerprint density at radius 3 is 2.39 bits per heavy atom. The van der Waals surface area contributed by atoms with Gasteiger partial charge in [-0.2, -0.15) is 0 Å². The van der Waals surface area contributed by atoms with Gasteiger partial charge in [0, 0.05) is 32.7 Å². The van der Waals surface area contributed by atoms with E-state index in [2.05, 4.69) is 27.2 Å². The highest BCUT2D eigenvalue weighted by atomic mass is 32.2. The van der Waals surface area contributed by atoms with E-state index in [1.165, 1.54) is 12.1 Å². The van der Waals surface area contributed by atoms with Gasteiger partial charge in [0.2, 0.25) is 10.0 Å². The maximum Gasteiger partial charge on any atom is 0.238 e. The van der Waals surface area contributed by atoms with Crippen molar-refractivity contribution in [2.24, 2.45) is 5.14 Å². The standard InChI is InChI=1S/C14H20N6O2S/c1-18-6-8-19(9-7-18)10-12-11-20(17-16-12)13-2-4-14(5-3-13)23(15,21)22/h2-5,11H,6-10H2,1H3,(H2,15,21,22). The smallest absolute Gasteiger partial charge is 0.238 e. The number of aromatic nitrogens is 3. The van der Waals surface area contributed by atoms with Gasteiger partial charge in [0.15, 0.2) is 0 Å². The average molecular weight is 336 g/mol. The summed E-state index contributed by atoms with van der Waals surface area (Å²) in [6, 6.07) is 6.25. The Morgan fingerprint density at radius 2 is 1.78 bits per heavy atom. The molecular formula is C14H20N6O2S. The fourth-order valence-corrected chi connectivity index (χ4v) is 3.04. The lowest BCUT2D eigenvalue weighted by atomic mass is 10.3. The Labute approximate surface area is 135 Å².